The minimum Gasteiger partial charge on any atom is -0.366 e. The predicted octanol–water partition coefficient (Wildman–Crippen LogP) is 1.63. The molecule has 2 rings (SSSR count). The van der Waals surface area contributed by atoms with Crippen LogP contribution in [0.5, 0.6) is 0 Å². The van der Waals surface area contributed by atoms with Gasteiger partial charge in [-0.05, 0) is 13.0 Å². The lowest BCUT2D eigenvalue weighted by Crippen LogP contribution is -2.02. The minimum absolute atomic E-state index is 0.0267. The molecule has 7 nitrogen and oxygen atoms in total. The maximum Gasteiger partial charge on any atom is 0.290 e. The van der Waals surface area contributed by atoms with Gasteiger partial charge in [-0.25, -0.2) is 4.98 Å². The number of anilines is 1. The van der Waals surface area contributed by atoms with Crippen LogP contribution in [-0.4, -0.2) is 20.1 Å². The third-order valence-corrected chi connectivity index (χ3v) is 2.28. The summed E-state index contributed by atoms with van der Waals surface area (Å²) in [5.41, 5.74) is 1.41. The maximum absolute atomic E-state index is 10.6. The quantitative estimate of drug-likeness (QED) is 0.618. The molecule has 0 saturated heterocycles. The second kappa shape index (κ2) is 4.60. The normalized spacial score (nSPS) is 10.2. The third-order valence-electron chi connectivity index (χ3n) is 2.28. The van der Waals surface area contributed by atoms with Gasteiger partial charge in [0.15, 0.2) is 0 Å². The van der Waals surface area contributed by atoms with E-state index >= 15 is 0 Å². The van der Waals surface area contributed by atoms with Crippen LogP contribution in [-0.2, 0) is 6.54 Å². The molecule has 88 valence electrons. The zero-order valence-corrected chi connectivity index (χ0v) is 9.17. The molecular weight excluding hydrogens is 222 g/mol. The summed E-state index contributed by atoms with van der Waals surface area (Å²) in [6.07, 6.45) is 3.47. The summed E-state index contributed by atoms with van der Waals surface area (Å²) in [6.45, 7) is 2.18. The Hall–Kier alpha value is -2.44. The van der Waals surface area contributed by atoms with E-state index in [0.29, 0.717) is 18.1 Å². The van der Waals surface area contributed by atoms with Crippen molar-refractivity contribution in [3.63, 3.8) is 0 Å². The summed E-state index contributed by atoms with van der Waals surface area (Å²) < 4.78 is 0. The highest BCUT2D eigenvalue weighted by atomic mass is 16.6. The van der Waals surface area contributed by atoms with Gasteiger partial charge in [-0.3, -0.25) is 15.2 Å². The lowest BCUT2D eigenvalue weighted by Gasteiger charge is -2.04. The zero-order valence-electron chi connectivity index (χ0n) is 9.17. The average Bonchev–Trinajstić information content (AvgIpc) is 2.78. The Balaban J connectivity index is 2.07. The molecule has 0 spiro atoms. The average molecular weight is 233 g/mol. The van der Waals surface area contributed by atoms with Crippen molar-refractivity contribution in [1.82, 2.24) is 15.2 Å². The van der Waals surface area contributed by atoms with Gasteiger partial charge in [0.2, 0.25) is 0 Å². The molecule has 2 aromatic rings. The van der Waals surface area contributed by atoms with E-state index in [4.69, 9.17) is 0 Å². The summed E-state index contributed by atoms with van der Waals surface area (Å²) in [5, 5.41) is 20.2. The first kappa shape index (κ1) is 11.1. The summed E-state index contributed by atoms with van der Waals surface area (Å²) in [6, 6.07) is 3.03. The minimum atomic E-state index is -0.442. The number of H-pyrrole nitrogens is 1. The number of nitrogens with zero attached hydrogens (tertiary/aromatic N) is 3. The summed E-state index contributed by atoms with van der Waals surface area (Å²) in [5.74, 6) is 0.606. The monoisotopic (exact) mass is 233 g/mol. The number of aromatic amines is 1. The van der Waals surface area contributed by atoms with E-state index in [9.17, 15) is 10.1 Å². The Bertz CT molecular complexity index is 523. The molecule has 0 aliphatic rings. The maximum atomic E-state index is 10.6. The number of nitro groups is 1. The molecule has 0 aliphatic carbocycles. The van der Waals surface area contributed by atoms with Gasteiger partial charge in [0.25, 0.3) is 5.69 Å². The Morgan fingerprint density at radius 3 is 2.94 bits per heavy atom. The van der Waals surface area contributed by atoms with Crippen LogP contribution in [0.3, 0.4) is 0 Å². The summed E-state index contributed by atoms with van der Waals surface area (Å²) in [4.78, 5) is 14.3. The molecule has 17 heavy (non-hydrogen) atoms. The first-order valence-electron chi connectivity index (χ1n) is 5.00. The van der Waals surface area contributed by atoms with Crippen molar-refractivity contribution in [3.8, 4) is 0 Å². The van der Waals surface area contributed by atoms with Crippen molar-refractivity contribution in [1.29, 1.82) is 0 Å². The number of aromatic nitrogens is 3. The largest absolute Gasteiger partial charge is 0.366 e. The second-order valence-corrected chi connectivity index (χ2v) is 3.52. The standard InChI is InChI=1S/C10H11N5O2/c1-7-9(15(16)17)2-3-10(14-7)11-4-8-5-12-13-6-8/h2-3,5-6H,4H2,1H3,(H,11,14)(H,12,13). The topological polar surface area (TPSA) is 96.7 Å². The second-order valence-electron chi connectivity index (χ2n) is 3.52. The van der Waals surface area contributed by atoms with Crippen LogP contribution < -0.4 is 5.32 Å². The molecule has 0 amide bonds. The predicted molar refractivity (Wildman–Crippen MR) is 61.5 cm³/mol. The Labute approximate surface area is 97.0 Å². The number of pyridine rings is 1. The highest BCUT2D eigenvalue weighted by molar-refractivity contribution is 5.45. The van der Waals surface area contributed by atoms with E-state index in [1.807, 2.05) is 0 Å². The molecule has 0 fully saturated rings. The van der Waals surface area contributed by atoms with Crippen LogP contribution in [0.25, 0.3) is 0 Å². The van der Waals surface area contributed by atoms with Crippen molar-refractivity contribution >= 4 is 11.5 Å². The zero-order chi connectivity index (χ0) is 12.3. The molecular formula is C10H11N5O2. The van der Waals surface area contributed by atoms with E-state index in [2.05, 4.69) is 20.5 Å². The highest BCUT2D eigenvalue weighted by Gasteiger charge is 2.11. The first-order valence-corrected chi connectivity index (χ1v) is 5.00. The van der Waals surface area contributed by atoms with Gasteiger partial charge in [-0.1, -0.05) is 0 Å². The molecule has 7 heteroatoms. The van der Waals surface area contributed by atoms with Crippen molar-refractivity contribution in [2.45, 2.75) is 13.5 Å². The van der Waals surface area contributed by atoms with Gasteiger partial charge < -0.3 is 5.32 Å². The van der Waals surface area contributed by atoms with Crippen LogP contribution in [0.1, 0.15) is 11.3 Å². The molecule has 0 atom stereocenters. The third kappa shape index (κ3) is 2.57. The molecule has 0 aliphatic heterocycles. The number of aryl methyl sites for hydroxylation is 1. The fraction of sp³-hybridized carbons (Fsp3) is 0.200. The van der Waals surface area contributed by atoms with Gasteiger partial charge in [0.1, 0.15) is 11.5 Å². The molecule has 0 aromatic carbocycles. The van der Waals surface area contributed by atoms with E-state index in [1.54, 1.807) is 25.4 Å². The van der Waals surface area contributed by atoms with Gasteiger partial charge in [-0.15, -0.1) is 0 Å². The molecule has 0 bridgehead atoms. The number of rotatable bonds is 4. The van der Waals surface area contributed by atoms with Crippen molar-refractivity contribution in [2.75, 3.05) is 5.32 Å². The van der Waals surface area contributed by atoms with Gasteiger partial charge in [0, 0.05) is 24.4 Å². The van der Waals surface area contributed by atoms with E-state index in [0.717, 1.165) is 5.56 Å². The van der Waals surface area contributed by atoms with E-state index < -0.39 is 4.92 Å². The number of hydrogen-bond acceptors (Lipinski definition) is 5. The number of hydrogen-bond donors (Lipinski definition) is 2. The lowest BCUT2D eigenvalue weighted by molar-refractivity contribution is -0.385. The molecule has 0 radical (unpaired) electrons. The van der Waals surface area contributed by atoms with E-state index in [-0.39, 0.29) is 5.69 Å². The fourth-order valence-corrected chi connectivity index (χ4v) is 1.41. The SMILES string of the molecule is Cc1nc(NCc2cn[nH]c2)ccc1[N+](=O)[O-]. The Morgan fingerprint density at radius 1 is 1.53 bits per heavy atom. The van der Waals surface area contributed by atoms with Crippen LogP contribution in [0, 0.1) is 17.0 Å². The summed E-state index contributed by atoms with van der Waals surface area (Å²) in [7, 11) is 0. The lowest BCUT2D eigenvalue weighted by atomic mass is 10.3. The van der Waals surface area contributed by atoms with Gasteiger partial charge in [-0.2, -0.15) is 5.10 Å². The molecule has 2 aromatic heterocycles. The molecule has 2 N–H and O–H groups in total. The Morgan fingerprint density at radius 2 is 2.35 bits per heavy atom. The molecule has 2 heterocycles. The van der Waals surface area contributed by atoms with Crippen LogP contribution in [0.2, 0.25) is 0 Å². The first-order chi connectivity index (χ1) is 8.16. The molecule has 0 saturated carbocycles. The van der Waals surface area contributed by atoms with Crippen LogP contribution in [0.4, 0.5) is 11.5 Å². The highest BCUT2D eigenvalue weighted by Crippen LogP contribution is 2.17. The van der Waals surface area contributed by atoms with Crippen molar-refractivity contribution in [3.05, 3.63) is 45.9 Å². The Kier molecular flexibility index (Phi) is 2.99. The van der Waals surface area contributed by atoms with E-state index in [1.165, 1.54) is 6.07 Å². The van der Waals surface area contributed by atoms with Gasteiger partial charge >= 0.3 is 0 Å². The van der Waals surface area contributed by atoms with Crippen LogP contribution >= 0.6 is 0 Å². The summed E-state index contributed by atoms with van der Waals surface area (Å²) >= 11 is 0. The molecule has 0 unspecified atom stereocenters. The number of nitrogens with one attached hydrogen (secondary N) is 2. The van der Waals surface area contributed by atoms with Crippen molar-refractivity contribution in [2.24, 2.45) is 0 Å². The van der Waals surface area contributed by atoms with Gasteiger partial charge in [0.05, 0.1) is 11.1 Å². The van der Waals surface area contributed by atoms with Crippen LogP contribution in [0.15, 0.2) is 24.5 Å². The fourth-order valence-electron chi connectivity index (χ4n) is 1.41. The van der Waals surface area contributed by atoms with Crippen molar-refractivity contribution < 1.29 is 4.92 Å². The smallest absolute Gasteiger partial charge is 0.290 e.